The number of carbonyl (C=O) groups is 2. The van der Waals surface area contributed by atoms with Gasteiger partial charge in [-0.15, -0.1) is 0 Å². The smallest absolute Gasteiger partial charge is 0.308 e. The third-order valence-electron chi connectivity index (χ3n) is 4.47. The summed E-state index contributed by atoms with van der Waals surface area (Å²) < 4.78 is 6.68. The van der Waals surface area contributed by atoms with E-state index in [-0.39, 0.29) is 24.3 Å². The molecule has 3 rings (SSSR count). The summed E-state index contributed by atoms with van der Waals surface area (Å²) in [5, 5.41) is 10.1. The van der Waals surface area contributed by atoms with E-state index in [1.165, 1.54) is 0 Å². The Labute approximate surface area is 142 Å². The predicted molar refractivity (Wildman–Crippen MR) is 89.5 cm³/mol. The van der Waals surface area contributed by atoms with E-state index in [0.717, 1.165) is 15.4 Å². The van der Waals surface area contributed by atoms with Crippen LogP contribution in [0.2, 0.25) is 0 Å². The first-order valence-electron chi connectivity index (χ1n) is 7.60. The number of hydrogen-bond acceptors (Lipinski definition) is 3. The number of rotatable bonds is 2. The molecule has 0 saturated carbocycles. The summed E-state index contributed by atoms with van der Waals surface area (Å²) in [7, 11) is 0. The van der Waals surface area contributed by atoms with Gasteiger partial charge in [-0.1, -0.05) is 15.9 Å². The highest BCUT2D eigenvalue weighted by molar-refractivity contribution is 9.10. The molecule has 1 fully saturated rings. The van der Waals surface area contributed by atoms with Crippen molar-refractivity contribution in [3.05, 3.63) is 34.0 Å². The fourth-order valence-corrected chi connectivity index (χ4v) is 3.71. The maximum atomic E-state index is 12.8. The van der Waals surface area contributed by atoms with Gasteiger partial charge in [0.05, 0.1) is 5.92 Å². The van der Waals surface area contributed by atoms with E-state index in [0.29, 0.717) is 18.4 Å². The highest BCUT2D eigenvalue weighted by Gasteiger charge is 2.34. The van der Waals surface area contributed by atoms with Gasteiger partial charge in [-0.2, -0.15) is 0 Å². The number of piperidine rings is 1. The van der Waals surface area contributed by atoms with E-state index in [1.807, 2.05) is 26.0 Å². The average molecular weight is 380 g/mol. The largest absolute Gasteiger partial charge is 0.481 e. The third kappa shape index (κ3) is 3.00. The zero-order valence-corrected chi connectivity index (χ0v) is 14.6. The Morgan fingerprint density at radius 2 is 2.04 bits per heavy atom. The van der Waals surface area contributed by atoms with Crippen LogP contribution in [-0.4, -0.2) is 34.5 Å². The molecular weight excluding hydrogens is 362 g/mol. The Bertz CT molecular complexity index is 782. The van der Waals surface area contributed by atoms with Crippen molar-refractivity contribution in [2.75, 3.05) is 6.54 Å². The molecule has 1 saturated heterocycles. The van der Waals surface area contributed by atoms with Gasteiger partial charge in [0.2, 0.25) is 0 Å². The Morgan fingerprint density at radius 3 is 2.74 bits per heavy atom. The minimum absolute atomic E-state index is 0.0131. The molecule has 0 bridgehead atoms. The first-order valence-corrected chi connectivity index (χ1v) is 8.39. The predicted octanol–water partition coefficient (Wildman–Crippen LogP) is 3.83. The second-order valence-electron chi connectivity index (χ2n) is 6.17. The van der Waals surface area contributed by atoms with Crippen molar-refractivity contribution in [3.63, 3.8) is 0 Å². The van der Waals surface area contributed by atoms with Crippen LogP contribution in [0.15, 0.2) is 27.1 Å². The molecule has 2 unspecified atom stereocenters. The molecule has 1 aromatic carbocycles. The second-order valence-corrected chi connectivity index (χ2v) is 7.09. The average Bonchev–Trinajstić information content (AvgIpc) is 2.91. The van der Waals surface area contributed by atoms with Crippen LogP contribution < -0.4 is 0 Å². The molecule has 5 nitrogen and oxygen atoms in total. The topological polar surface area (TPSA) is 70.8 Å². The molecule has 2 heterocycles. The number of amides is 1. The van der Waals surface area contributed by atoms with Crippen LogP contribution in [0.1, 0.15) is 35.9 Å². The SMILES string of the molecule is Cc1cc(Br)cc2cc(C(=O)N3CC(C(=O)O)CCC3C)oc12. The zero-order valence-electron chi connectivity index (χ0n) is 13.0. The molecule has 1 amide bonds. The lowest BCUT2D eigenvalue weighted by Crippen LogP contribution is -2.47. The summed E-state index contributed by atoms with van der Waals surface area (Å²) in [6, 6.07) is 5.58. The van der Waals surface area contributed by atoms with E-state index >= 15 is 0 Å². The molecule has 1 aromatic heterocycles. The van der Waals surface area contributed by atoms with Gasteiger partial charge in [0, 0.05) is 22.4 Å². The number of likely N-dealkylation sites (tertiary alicyclic amines) is 1. The molecule has 2 atom stereocenters. The van der Waals surface area contributed by atoms with Gasteiger partial charge >= 0.3 is 5.97 Å². The molecule has 6 heteroatoms. The maximum Gasteiger partial charge on any atom is 0.308 e. The monoisotopic (exact) mass is 379 g/mol. The first-order chi connectivity index (χ1) is 10.9. The Morgan fingerprint density at radius 1 is 1.30 bits per heavy atom. The van der Waals surface area contributed by atoms with Crippen molar-refractivity contribution in [2.45, 2.75) is 32.7 Å². The van der Waals surface area contributed by atoms with Crippen molar-refractivity contribution in [1.29, 1.82) is 0 Å². The molecule has 23 heavy (non-hydrogen) atoms. The standard InChI is InChI=1S/C17H18BrNO4/c1-9-5-13(18)6-12-7-14(23-15(9)12)16(20)19-8-11(17(21)22)4-3-10(19)2/h5-7,10-11H,3-4,8H2,1-2H3,(H,21,22). The number of hydrogen-bond donors (Lipinski definition) is 1. The summed E-state index contributed by atoms with van der Waals surface area (Å²) >= 11 is 3.44. The second kappa shape index (κ2) is 6.00. The molecule has 0 radical (unpaired) electrons. The molecule has 2 aromatic rings. The van der Waals surface area contributed by atoms with Crippen LogP contribution in [0, 0.1) is 12.8 Å². The Kier molecular flexibility index (Phi) is 4.19. The van der Waals surface area contributed by atoms with Crippen molar-refractivity contribution in [1.82, 2.24) is 4.90 Å². The number of nitrogens with zero attached hydrogens (tertiary/aromatic N) is 1. The lowest BCUT2D eigenvalue weighted by Gasteiger charge is -2.35. The fraction of sp³-hybridized carbons (Fsp3) is 0.412. The van der Waals surface area contributed by atoms with E-state index < -0.39 is 11.9 Å². The molecule has 1 aliphatic heterocycles. The minimum Gasteiger partial charge on any atom is -0.481 e. The quantitative estimate of drug-likeness (QED) is 0.860. The van der Waals surface area contributed by atoms with Crippen LogP contribution in [-0.2, 0) is 4.79 Å². The van der Waals surface area contributed by atoms with Gasteiger partial charge in [0.1, 0.15) is 5.58 Å². The Hall–Kier alpha value is -1.82. The highest BCUT2D eigenvalue weighted by Crippen LogP contribution is 2.29. The number of carbonyl (C=O) groups excluding carboxylic acids is 1. The van der Waals surface area contributed by atoms with Crippen LogP contribution in [0.5, 0.6) is 0 Å². The number of aryl methyl sites for hydroxylation is 1. The number of furan rings is 1. The van der Waals surface area contributed by atoms with Crippen molar-refractivity contribution in [2.24, 2.45) is 5.92 Å². The normalized spacial score (nSPS) is 21.6. The van der Waals surface area contributed by atoms with Gasteiger partial charge in [0.15, 0.2) is 5.76 Å². The molecule has 1 aliphatic rings. The van der Waals surface area contributed by atoms with Gasteiger partial charge in [-0.05, 0) is 50.5 Å². The maximum absolute atomic E-state index is 12.8. The number of halogens is 1. The molecule has 122 valence electrons. The fourth-order valence-electron chi connectivity index (χ4n) is 3.12. The molecule has 1 N–H and O–H groups in total. The van der Waals surface area contributed by atoms with E-state index in [4.69, 9.17) is 4.42 Å². The molecule has 0 aliphatic carbocycles. The van der Waals surface area contributed by atoms with Crippen LogP contribution in [0.3, 0.4) is 0 Å². The summed E-state index contributed by atoms with van der Waals surface area (Å²) in [5.41, 5.74) is 1.64. The Balaban J connectivity index is 1.93. The minimum atomic E-state index is -0.848. The highest BCUT2D eigenvalue weighted by atomic mass is 79.9. The zero-order chi connectivity index (χ0) is 16.7. The number of aliphatic carboxylic acids is 1. The van der Waals surface area contributed by atoms with Gasteiger partial charge in [-0.25, -0.2) is 0 Å². The summed E-state index contributed by atoms with van der Waals surface area (Å²) in [4.78, 5) is 25.6. The van der Waals surface area contributed by atoms with E-state index in [1.54, 1.807) is 11.0 Å². The van der Waals surface area contributed by atoms with E-state index in [2.05, 4.69) is 15.9 Å². The first kappa shape index (κ1) is 16.1. The van der Waals surface area contributed by atoms with Crippen molar-refractivity contribution < 1.29 is 19.1 Å². The number of carboxylic acids is 1. The van der Waals surface area contributed by atoms with Gasteiger partial charge < -0.3 is 14.4 Å². The van der Waals surface area contributed by atoms with Gasteiger partial charge in [0.25, 0.3) is 5.91 Å². The molecular formula is C17H18BrNO4. The van der Waals surface area contributed by atoms with Crippen LogP contribution in [0.25, 0.3) is 11.0 Å². The van der Waals surface area contributed by atoms with Crippen LogP contribution in [0.4, 0.5) is 0 Å². The number of carboxylic acid groups (broad SMARTS) is 1. The summed E-state index contributed by atoms with van der Waals surface area (Å²) in [6.45, 7) is 4.10. The number of fused-ring (bicyclic) bond motifs is 1. The lowest BCUT2D eigenvalue weighted by atomic mass is 9.93. The summed E-state index contributed by atoms with van der Waals surface area (Å²) in [5.74, 6) is -1.33. The molecule has 0 spiro atoms. The van der Waals surface area contributed by atoms with E-state index in [9.17, 15) is 14.7 Å². The lowest BCUT2D eigenvalue weighted by molar-refractivity contribution is -0.143. The number of benzene rings is 1. The van der Waals surface area contributed by atoms with Gasteiger partial charge in [-0.3, -0.25) is 9.59 Å². The summed E-state index contributed by atoms with van der Waals surface area (Å²) in [6.07, 6.45) is 1.29. The van der Waals surface area contributed by atoms with Crippen molar-refractivity contribution >= 4 is 38.8 Å². The third-order valence-corrected chi connectivity index (χ3v) is 4.93. The van der Waals surface area contributed by atoms with Crippen molar-refractivity contribution in [3.8, 4) is 0 Å². The van der Waals surface area contributed by atoms with Crippen LogP contribution >= 0.6 is 15.9 Å².